The molecule has 7 rings (SSSR count). The number of nitrogens with zero attached hydrogens (tertiary/aromatic N) is 4. The van der Waals surface area contributed by atoms with Crippen LogP contribution in [-0.4, -0.2) is 206 Å². The van der Waals surface area contributed by atoms with Crippen molar-refractivity contribution >= 4 is 99.7 Å². The van der Waals surface area contributed by atoms with E-state index < -0.39 is 119 Å². The number of fused-ring (bicyclic) bond motifs is 2. The number of anilines is 3. The fourth-order valence-electron chi connectivity index (χ4n) is 14.6. The van der Waals surface area contributed by atoms with Gasteiger partial charge in [0.1, 0.15) is 46.8 Å². The van der Waals surface area contributed by atoms with Gasteiger partial charge in [0.05, 0.1) is 76.2 Å². The van der Waals surface area contributed by atoms with Crippen LogP contribution in [0.4, 0.5) is 31.0 Å². The maximum absolute atomic E-state index is 15.6. The molecular formula is C92H128FN13O19S. The summed E-state index contributed by atoms with van der Waals surface area (Å²) in [7, 11) is 0. The molecule has 0 radical (unpaired) electrons. The molecule has 1 aromatic heterocycles. The fourth-order valence-corrected chi connectivity index (χ4v) is 15.5. The molecule has 688 valence electrons. The summed E-state index contributed by atoms with van der Waals surface area (Å²) in [4.78, 5) is 172. The Morgan fingerprint density at radius 3 is 2.02 bits per heavy atom. The summed E-state index contributed by atoms with van der Waals surface area (Å²) in [6, 6.07) is 20.3. The number of halogens is 1. The number of likely N-dealkylation sites (tertiary alicyclic amines) is 1. The van der Waals surface area contributed by atoms with Crippen molar-refractivity contribution in [2.45, 2.75) is 227 Å². The molecule has 32 nitrogen and oxygen atoms in total. The number of esters is 1. The number of carboxylic acid groups (broad SMARTS) is 1. The SMILES string of the molecule is CCCCCCN(C(=O)[C@@H](NC(=O)[C@@]1(C)CCCN1C(=O)OCc1ccc(NC(=O)[C@H](CCCNC(N)=O)NC(=O)[C@@H](NC(=O)CCOCCOCCOCCOCCNC(=O)CCC(=O)N2Cc3ccccc3C#Cc3ccccc32)C(C)C)cc1)[C@@H](C)CC)[C@H](C[C@@H](OC(C)=O)c1nc(C(=O)N[C@@H](Cc2ccc(N)c(F)c2)CC(C)(C)C(=O)O)cs1)C(C)C. The molecule has 0 bridgehead atoms. The quantitative estimate of drug-likeness (QED) is 0.00748. The second kappa shape index (κ2) is 51.5. The van der Waals surface area contributed by atoms with Crippen LogP contribution in [0.15, 0.2) is 96.4 Å². The first-order chi connectivity index (χ1) is 60.1. The summed E-state index contributed by atoms with van der Waals surface area (Å²) >= 11 is 1.07. The number of carboxylic acids is 1. The minimum atomic E-state index is -1.46. The first kappa shape index (κ1) is 102. The molecule has 3 heterocycles. The first-order valence-electron chi connectivity index (χ1n) is 43.5. The van der Waals surface area contributed by atoms with Crippen molar-refractivity contribution in [2.24, 2.45) is 28.9 Å². The Kier molecular flexibility index (Phi) is 41.7. The summed E-state index contributed by atoms with van der Waals surface area (Å²) in [5, 5.41) is 31.4. The molecule has 5 aromatic rings. The fraction of sp³-hybridized carbons (Fsp3) is 0.554. The van der Waals surface area contributed by atoms with E-state index in [1.165, 1.54) is 43.2 Å². The van der Waals surface area contributed by atoms with Crippen molar-refractivity contribution in [1.29, 1.82) is 0 Å². The van der Waals surface area contributed by atoms with Gasteiger partial charge in [-0.2, -0.15) is 0 Å². The first-order valence-corrected chi connectivity index (χ1v) is 44.4. The number of nitrogens with two attached hydrogens (primary N) is 2. The topological polar surface area (TPSA) is 439 Å². The molecule has 1 saturated heterocycles. The van der Waals surface area contributed by atoms with E-state index in [1.807, 2.05) is 76.2 Å². The van der Waals surface area contributed by atoms with E-state index in [0.29, 0.717) is 54.9 Å². The lowest BCUT2D eigenvalue weighted by Gasteiger charge is -2.40. The van der Waals surface area contributed by atoms with Crippen LogP contribution >= 0.6 is 11.3 Å². The summed E-state index contributed by atoms with van der Waals surface area (Å²) in [6.07, 6.45) is 2.87. The van der Waals surface area contributed by atoms with Crippen LogP contribution in [0.5, 0.6) is 0 Å². The third kappa shape index (κ3) is 32.4. The Morgan fingerprint density at radius 1 is 0.714 bits per heavy atom. The van der Waals surface area contributed by atoms with Crippen molar-refractivity contribution in [3.63, 3.8) is 0 Å². The lowest BCUT2D eigenvalue weighted by molar-refractivity contribution is -0.150. The molecule has 0 saturated carbocycles. The van der Waals surface area contributed by atoms with E-state index in [-0.39, 0.29) is 177 Å². The predicted octanol–water partition coefficient (Wildman–Crippen LogP) is 10.2. The number of carbonyl (C=O) groups is 12. The molecule has 0 spiro atoms. The highest BCUT2D eigenvalue weighted by atomic mass is 32.1. The van der Waals surface area contributed by atoms with Gasteiger partial charge in [-0.25, -0.2) is 19.0 Å². The van der Waals surface area contributed by atoms with E-state index in [0.717, 1.165) is 47.3 Å². The van der Waals surface area contributed by atoms with E-state index in [9.17, 15) is 62.2 Å². The Hall–Kier alpha value is -11.1. The Labute approximate surface area is 742 Å². The number of primary amides is 1. The number of aromatic nitrogens is 1. The number of nitrogens with one attached hydrogen (secondary N) is 7. The highest BCUT2D eigenvalue weighted by Gasteiger charge is 2.49. The highest BCUT2D eigenvalue weighted by Crippen LogP contribution is 2.36. The van der Waals surface area contributed by atoms with E-state index in [2.05, 4.69) is 61.0 Å². The van der Waals surface area contributed by atoms with Crippen LogP contribution in [0.3, 0.4) is 0 Å². The molecule has 2 aliphatic heterocycles. The zero-order valence-electron chi connectivity index (χ0n) is 74.5. The maximum atomic E-state index is 15.6. The Balaban J connectivity index is 0.853. The number of ether oxygens (including phenoxy) is 6. The van der Waals surface area contributed by atoms with E-state index in [1.54, 1.807) is 60.9 Å². The number of benzene rings is 4. The largest absolute Gasteiger partial charge is 0.481 e. The lowest BCUT2D eigenvalue weighted by Crippen LogP contribution is -2.62. The second-order valence-corrected chi connectivity index (χ2v) is 34.2. The average Bonchev–Trinajstić information content (AvgIpc) is 1.60. The number of hydrogen-bond acceptors (Lipinski definition) is 21. The monoisotopic (exact) mass is 1770 g/mol. The number of carbonyl (C=O) groups excluding carboxylic acids is 11. The third-order valence-corrected chi connectivity index (χ3v) is 23.1. The molecule has 4 aromatic carbocycles. The number of rotatable bonds is 53. The highest BCUT2D eigenvalue weighted by molar-refractivity contribution is 7.09. The molecule has 0 aliphatic carbocycles. The van der Waals surface area contributed by atoms with E-state index in [4.69, 9.17) is 39.9 Å². The molecule has 8 atom stereocenters. The molecule has 1 fully saturated rings. The van der Waals surface area contributed by atoms with Crippen LogP contribution in [0.25, 0.3) is 0 Å². The maximum Gasteiger partial charge on any atom is 0.410 e. The number of amides is 11. The van der Waals surface area contributed by atoms with Gasteiger partial charge in [-0.3, -0.25) is 52.8 Å². The molecule has 2 aliphatic rings. The van der Waals surface area contributed by atoms with Gasteiger partial charge < -0.3 is 92.0 Å². The molecule has 126 heavy (non-hydrogen) atoms. The van der Waals surface area contributed by atoms with Gasteiger partial charge >= 0.3 is 24.1 Å². The normalized spacial score (nSPS) is 15.2. The summed E-state index contributed by atoms with van der Waals surface area (Å²) in [6.45, 7) is 21.8. The van der Waals surface area contributed by atoms with Gasteiger partial charge in [-0.1, -0.05) is 135 Å². The van der Waals surface area contributed by atoms with E-state index >= 15 is 4.79 Å². The van der Waals surface area contributed by atoms with Crippen molar-refractivity contribution in [3.05, 3.63) is 141 Å². The molecule has 12 N–H and O–H groups in total. The number of thiazole rings is 1. The van der Waals surface area contributed by atoms with Crippen LogP contribution in [-0.2, 0) is 91.1 Å². The number of para-hydroxylation sites is 1. The van der Waals surface area contributed by atoms with Gasteiger partial charge in [0.2, 0.25) is 41.4 Å². The second-order valence-electron chi connectivity index (χ2n) is 33.3. The van der Waals surface area contributed by atoms with Crippen LogP contribution in [0.1, 0.15) is 215 Å². The van der Waals surface area contributed by atoms with Gasteiger partial charge in [-0.15, -0.1) is 11.3 Å². The number of nitrogen functional groups attached to an aromatic ring is 1. The van der Waals surface area contributed by atoms with Crippen molar-refractivity contribution < 1.29 is 95.5 Å². The predicted molar refractivity (Wildman–Crippen MR) is 474 cm³/mol. The van der Waals surface area contributed by atoms with Gasteiger partial charge in [-0.05, 0) is 143 Å². The zero-order valence-corrected chi connectivity index (χ0v) is 75.3. The summed E-state index contributed by atoms with van der Waals surface area (Å²) in [5.41, 5.74) is 12.7. The number of unbranched alkanes of at least 4 members (excludes halogenated alkanes) is 3. The van der Waals surface area contributed by atoms with Crippen molar-refractivity contribution in [2.75, 3.05) is 95.0 Å². The average molecular weight is 1770 g/mol. The minimum absolute atomic E-state index is 0.0174. The third-order valence-electron chi connectivity index (χ3n) is 22.2. The van der Waals surface area contributed by atoms with Gasteiger partial charge in [0, 0.05) is 93.1 Å². The minimum Gasteiger partial charge on any atom is -0.481 e. The molecule has 0 unspecified atom stereocenters. The zero-order chi connectivity index (χ0) is 92.0. The number of hydrogen-bond donors (Lipinski definition) is 10. The standard InChI is InChI=1S/C92H128FN13O19S/c1-12-14-15-20-42-104(75(59(3)4)54-76(125-62(8)107)85-101-73(58-126-85)83(112)99-69(55-91(9,10)88(116)117)52-64-30-35-71(94)70(93)53-64)86(114)81(61(7)13-2)103-87(115)92(11)39-22-43-106(92)90(119)124-57-63-28-33-68(34-29-63)98-82(111)72(26-21-40-97-89(95)118)100-84(113)80(60(5)6)102-78(109)38-44-120-46-48-122-50-51-123-49-47-121-45-41-96-77(108)36-37-79(110)105-56-67-25-17-16-23-65(67)31-32-66-24-18-19-27-74(66)105/h16-19,23-25,27-30,33-35,53,58-61,69,72,75-76,80-81H,12-15,20-22,26,36-52,54-57,94H2,1-11H3,(H,96,108)(H,98,111)(H,99,112)(H,100,113)(H,102,109)(H,103,115)(H,116,117)(H3,95,97,118)/t61-,69-,72-,75+,76+,80-,81-,92+/m0/s1. The van der Waals surface area contributed by atoms with Crippen molar-refractivity contribution in [1.82, 2.24) is 46.7 Å². The van der Waals surface area contributed by atoms with Crippen molar-refractivity contribution in [3.8, 4) is 11.8 Å². The number of urea groups is 1. The number of aliphatic carboxylic acids is 1. The molecular weight excluding hydrogens is 1640 g/mol. The van der Waals surface area contributed by atoms with Crippen LogP contribution in [0.2, 0.25) is 0 Å². The summed E-state index contributed by atoms with van der Waals surface area (Å²) in [5.74, 6) is -0.850. The van der Waals surface area contributed by atoms with Crippen LogP contribution < -0.4 is 53.6 Å². The molecule has 34 heteroatoms. The van der Waals surface area contributed by atoms with Gasteiger partial charge in [0.15, 0.2) is 6.10 Å². The molecule has 11 amide bonds. The lowest BCUT2D eigenvalue weighted by atomic mass is 9.84. The smallest absolute Gasteiger partial charge is 0.410 e. The Morgan fingerprint density at radius 2 is 1.37 bits per heavy atom. The van der Waals surface area contributed by atoms with Gasteiger partial charge in [0.25, 0.3) is 5.91 Å². The summed E-state index contributed by atoms with van der Waals surface area (Å²) < 4.78 is 48.8. The van der Waals surface area contributed by atoms with Crippen LogP contribution in [0, 0.1) is 40.8 Å². The Bertz CT molecular complexity index is 4540.